The van der Waals surface area contributed by atoms with Gasteiger partial charge in [-0.05, 0) is 66.9 Å². The van der Waals surface area contributed by atoms with Crippen molar-refractivity contribution in [2.24, 2.45) is 0 Å². The summed E-state index contributed by atoms with van der Waals surface area (Å²) in [7, 11) is -7.40. The Bertz CT molecular complexity index is 1220. The molecule has 6 nitrogen and oxygen atoms in total. The highest BCUT2D eigenvalue weighted by atomic mass is 32.2. The summed E-state index contributed by atoms with van der Waals surface area (Å²) in [6.07, 6.45) is 0. The average molecular weight is 445 g/mol. The third kappa shape index (κ3) is 4.89. The summed E-state index contributed by atoms with van der Waals surface area (Å²) >= 11 is 0. The van der Waals surface area contributed by atoms with E-state index in [-0.39, 0.29) is 14.7 Å². The molecule has 0 aliphatic rings. The highest BCUT2D eigenvalue weighted by molar-refractivity contribution is 7.91. The second-order valence-electron chi connectivity index (χ2n) is 7.30. The summed E-state index contributed by atoms with van der Waals surface area (Å²) in [6.45, 7) is 5.96. The average Bonchev–Trinajstić information content (AvgIpc) is 2.73. The van der Waals surface area contributed by atoms with E-state index >= 15 is 0 Å². The number of hydrogen-bond donors (Lipinski definition) is 2. The first kappa shape index (κ1) is 22.0. The first-order valence-electron chi connectivity index (χ1n) is 9.39. The van der Waals surface area contributed by atoms with Crippen molar-refractivity contribution in [3.63, 3.8) is 0 Å². The van der Waals surface area contributed by atoms with Crippen LogP contribution in [0, 0.1) is 6.92 Å². The smallest absolute Gasteiger partial charge is 0.257 e. The van der Waals surface area contributed by atoms with Crippen LogP contribution in [-0.2, 0) is 19.9 Å². The molecule has 0 radical (unpaired) electrons. The number of sulfone groups is 1. The van der Waals surface area contributed by atoms with Crippen LogP contribution in [0.15, 0.2) is 87.5 Å². The van der Waals surface area contributed by atoms with Gasteiger partial charge in [0.1, 0.15) is 0 Å². The zero-order chi connectivity index (χ0) is 21.9. The molecule has 3 aromatic rings. The standard InChI is InChI=1S/C22H24N2O4S2/c1-16(2)18-6-12-20(13-7-18)29(25,26)21-14-8-19(9-15-21)23-24-30(27,28)22-10-4-17(3)5-11-22/h4-16,23-24H,1-3H3. The van der Waals surface area contributed by atoms with Gasteiger partial charge >= 0.3 is 0 Å². The van der Waals surface area contributed by atoms with Gasteiger partial charge in [0.15, 0.2) is 0 Å². The number of rotatable bonds is 7. The zero-order valence-corrected chi connectivity index (χ0v) is 18.6. The predicted octanol–water partition coefficient (Wildman–Crippen LogP) is 4.26. The van der Waals surface area contributed by atoms with E-state index in [1.54, 1.807) is 24.3 Å². The van der Waals surface area contributed by atoms with Crippen molar-refractivity contribution in [3.8, 4) is 0 Å². The number of benzene rings is 3. The van der Waals surface area contributed by atoms with Crippen LogP contribution >= 0.6 is 0 Å². The maximum atomic E-state index is 12.8. The Labute approximate surface area is 177 Å². The molecule has 0 saturated carbocycles. The van der Waals surface area contributed by atoms with Crippen LogP contribution in [-0.4, -0.2) is 16.8 Å². The Hall–Kier alpha value is -2.68. The molecule has 30 heavy (non-hydrogen) atoms. The number of aryl methyl sites for hydroxylation is 1. The molecular weight excluding hydrogens is 420 g/mol. The van der Waals surface area contributed by atoms with Crippen molar-refractivity contribution in [3.05, 3.63) is 83.9 Å². The molecule has 0 saturated heterocycles. The molecule has 3 aromatic carbocycles. The maximum Gasteiger partial charge on any atom is 0.257 e. The molecule has 8 heteroatoms. The fourth-order valence-corrected chi connectivity index (χ4v) is 4.91. The summed E-state index contributed by atoms with van der Waals surface area (Å²) in [6, 6.07) is 19.2. The lowest BCUT2D eigenvalue weighted by Gasteiger charge is -2.11. The lowest BCUT2D eigenvalue weighted by Crippen LogP contribution is -2.29. The summed E-state index contributed by atoms with van der Waals surface area (Å²) in [4.78, 5) is 2.77. The molecule has 0 bridgehead atoms. The van der Waals surface area contributed by atoms with E-state index in [1.165, 1.54) is 36.4 Å². The number of anilines is 1. The van der Waals surface area contributed by atoms with E-state index in [0.29, 0.717) is 11.6 Å². The van der Waals surface area contributed by atoms with Crippen molar-refractivity contribution in [2.45, 2.75) is 41.4 Å². The molecule has 0 atom stereocenters. The Morgan fingerprint density at radius 2 is 1.13 bits per heavy atom. The highest BCUT2D eigenvalue weighted by Gasteiger charge is 2.18. The molecule has 0 aromatic heterocycles. The minimum atomic E-state index is -3.75. The van der Waals surface area contributed by atoms with Gasteiger partial charge in [0.25, 0.3) is 10.0 Å². The van der Waals surface area contributed by atoms with Gasteiger partial charge in [-0.15, -0.1) is 4.83 Å². The Balaban J connectivity index is 1.73. The SMILES string of the molecule is Cc1ccc(S(=O)(=O)NNc2ccc(S(=O)(=O)c3ccc(C(C)C)cc3)cc2)cc1. The van der Waals surface area contributed by atoms with E-state index in [1.807, 2.05) is 32.9 Å². The topological polar surface area (TPSA) is 92.3 Å². The van der Waals surface area contributed by atoms with Crippen molar-refractivity contribution < 1.29 is 16.8 Å². The van der Waals surface area contributed by atoms with E-state index in [0.717, 1.165) is 11.1 Å². The minimum absolute atomic E-state index is 0.129. The zero-order valence-electron chi connectivity index (χ0n) is 17.0. The van der Waals surface area contributed by atoms with Crippen LogP contribution in [0.25, 0.3) is 0 Å². The minimum Gasteiger partial charge on any atom is -0.308 e. The van der Waals surface area contributed by atoms with Gasteiger partial charge in [-0.2, -0.15) is 0 Å². The van der Waals surface area contributed by atoms with Crippen LogP contribution in [0.1, 0.15) is 30.9 Å². The largest absolute Gasteiger partial charge is 0.308 e. The van der Waals surface area contributed by atoms with Crippen molar-refractivity contribution in [1.82, 2.24) is 4.83 Å². The lowest BCUT2D eigenvalue weighted by atomic mass is 10.0. The summed E-state index contributed by atoms with van der Waals surface area (Å²) in [5.74, 6) is 0.316. The second kappa shape index (κ2) is 8.59. The van der Waals surface area contributed by atoms with E-state index < -0.39 is 19.9 Å². The molecule has 2 N–H and O–H groups in total. The molecule has 0 unspecified atom stereocenters. The van der Waals surface area contributed by atoms with Crippen molar-refractivity contribution in [1.29, 1.82) is 0 Å². The Morgan fingerprint density at radius 1 is 0.667 bits per heavy atom. The van der Waals surface area contributed by atoms with E-state index in [4.69, 9.17) is 0 Å². The first-order chi connectivity index (χ1) is 14.1. The summed E-state index contributed by atoms with van der Waals surface area (Å²) in [5, 5.41) is 0. The van der Waals surface area contributed by atoms with Gasteiger partial charge < -0.3 is 5.43 Å². The fraction of sp³-hybridized carbons (Fsp3) is 0.182. The highest BCUT2D eigenvalue weighted by Crippen LogP contribution is 2.24. The summed E-state index contributed by atoms with van der Waals surface area (Å²) in [5.41, 5.74) is 5.04. The monoisotopic (exact) mass is 444 g/mol. The van der Waals surface area contributed by atoms with Crippen molar-refractivity contribution >= 4 is 25.5 Å². The van der Waals surface area contributed by atoms with Gasteiger partial charge in [0.05, 0.1) is 14.7 Å². The van der Waals surface area contributed by atoms with Gasteiger partial charge in [0.2, 0.25) is 9.84 Å². The van der Waals surface area contributed by atoms with E-state index in [2.05, 4.69) is 10.3 Å². The number of sulfonamides is 1. The quantitative estimate of drug-likeness (QED) is 0.531. The molecule has 3 rings (SSSR count). The molecule has 158 valence electrons. The third-order valence-corrected chi connectivity index (χ3v) is 7.73. The van der Waals surface area contributed by atoms with Gasteiger partial charge in [-0.3, -0.25) is 0 Å². The number of hydrazine groups is 1. The van der Waals surface area contributed by atoms with Crippen LogP contribution in [0.4, 0.5) is 5.69 Å². The van der Waals surface area contributed by atoms with Gasteiger partial charge in [-0.1, -0.05) is 43.7 Å². The first-order valence-corrected chi connectivity index (χ1v) is 12.4. The Kier molecular flexibility index (Phi) is 6.30. The molecule has 0 aliphatic carbocycles. The second-order valence-corrected chi connectivity index (χ2v) is 10.9. The third-order valence-electron chi connectivity index (χ3n) is 4.68. The molecule has 0 heterocycles. The van der Waals surface area contributed by atoms with Crippen LogP contribution in [0.2, 0.25) is 0 Å². The molecule has 0 amide bonds. The van der Waals surface area contributed by atoms with Crippen molar-refractivity contribution in [2.75, 3.05) is 5.43 Å². The van der Waals surface area contributed by atoms with E-state index in [9.17, 15) is 16.8 Å². The van der Waals surface area contributed by atoms with Crippen LogP contribution in [0.5, 0.6) is 0 Å². The lowest BCUT2D eigenvalue weighted by molar-refractivity contribution is 0.587. The maximum absolute atomic E-state index is 12.8. The van der Waals surface area contributed by atoms with Crippen LogP contribution in [0.3, 0.4) is 0 Å². The fourth-order valence-electron chi connectivity index (χ4n) is 2.79. The summed E-state index contributed by atoms with van der Waals surface area (Å²) < 4.78 is 50.3. The number of nitrogens with one attached hydrogen (secondary N) is 2. The predicted molar refractivity (Wildman–Crippen MR) is 118 cm³/mol. The van der Waals surface area contributed by atoms with Gasteiger partial charge in [0, 0.05) is 5.69 Å². The number of hydrogen-bond acceptors (Lipinski definition) is 5. The molecule has 0 fully saturated rings. The molecular formula is C22H24N2O4S2. The molecule has 0 spiro atoms. The molecule has 0 aliphatic heterocycles. The Morgan fingerprint density at radius 3 is 1.63 bits per heavy atom. The van der Waals surface area contributed by atoms with Gasteiger partial charge in [-0.25, -0.2) is 16.8 Å². The normalized spacial score (nSPS) is 12.1. The van der Waals surface area contributed by atoms with Crippen LogP contribution < -0.4 is 10.3 Å².